The van der Waals surface area contributed by atoms with Crippen molar-refractivity contribution >= 4 is 11.6 Å². The Morgan fingerprint density at radius 3 is 0.958 bits per heavy atom. The average molecular weight is 993 g/mol. The molecule has 0 saturated heterocycles. The molecule has 8 aromatic rings. The Morgan fingerprint density at radius 2 is 0.611 bits per heavy atom. The molecule has 0 bridgehead atoms. The molecule has 72 heavy (non-hydrogen) atoms. The summed E-state index contributed by atoms with van der Waals surface area (Å²) in [7, 11) is 0. The van der Waals surface area contributed by atoms with Crippen LogP contribution in [0.25, 0.3) is 0 Å². The molecule has 0 saturated carbocycles. The van der Waals surface area contributed by atoms with Crippen molar-refractivity contribution in [1.82, 2.24) is 0 Å². The maximum absolute atomic E-state index is 15.4. The molecule has 366 valence electrons. The van der Waals surface area contributed by atoms with Crippen molar-refractivity contribution in [2.24, 2.45) is 0 Å². The summed E-state index contributed by atoms with van der Waals surface area (Å²) in [5, 5.41) is 9.67. The summed E-state index contributed by atoms with van der Waals surface area (Å²) in [6.45, 7) is 7.99. The van der Waals surface area contributed by atoms with Crippen LogP contribution in [0.2, 0.25) is 0 Å². The highest BCUT2D eigenvalue weighted by molar-refractivity contribution is 6.10. The second-order valence-electron chi connectivity index (χ2n) is 17.4. The van der Waals surface area contributed by atoms with Crippen LogP contribution in [0.15, 0.2) is 146 Å². The Labute approximate surface area is 405 Å². The predicted molar refractivity (Wildman–Crippen MR) is 245 cm³/mol. The van der Waals surface area contributed by atoms with Crippen LogP contribution in [-0.4, -0.2) is 16.7 Å². The molecular weight excluding hydrogens is 956 g/mol. The van der Waals surface area contributed by atoms with Gasteiger partial charge in [-0.05, 0) is 119 Å². The molecule has 0 atom stereocenters. The molecule has 0 amide bonds. The van der Waals surface area contributed by atoms with Crippen LogP contribution in [0.3, 0.4) is 0 Å². The molecule has 8 aromatic carbocycles. The molecule has 0 spiro atoms. The van der Waals surface area contributed by atoms with Crippen LogP contribution in [0.4, 0.5) is 39.5 Å². The van der Waals surface area contributed by atoms with Gasteiger partial charge in [0.2, 0.25) is 23.2 Å². The number of aromatic hydroxyl groups is 1. The first kappa shape index (κ1) is 49.9. The molecule has 0 heterocycles. The minimum atomic E-state index is -2.43. The average Bonchev–Trinajstić information content (AvgIpc) is 3.38. The van der Waals surface area contributed by atoms with Gasteiger partial charge in [0, 0.05) is 22.0 Å². The minimum Gasteiger partial charge on any atom is -0.508 e. The van der Waals surface area contributed by atoms with Crippen molar-refractivity contribution in [3.63, 3.8) is 0 Å². The van der Waals surface area contributed by atoms with Gasteiger partial charge in [0.05, 0.1) is 0 Å². The third-order valence-electron chi connectivity index (χ3n) is 12.1. The number of carbonyl (C=O) groups excluding carboxylic acids is 2. The number of hydrogen-bond donors (Lipinski definition) is 1. The minimum absolute atomic E-state index is 0.0115. The first-order valence-corrected chi connectivity index (χ1v) is 21.7. The number of halogens is 9. The summed E-state index contributed by atoms with van der Waals surface area (Å²) in [5.74, 6) is -23.1. The van der Waals surface area contributed by atoms with E-state index in [0.29, 0.717) is 11.5 Å². The lowest BCUT2D eigenvalue weighted by atomic mass is 9.78. The molecule has 0 fully saturated rings. The normalized spacial score (nSPS) is 11.6. The number of carbonyl (C=O) groups is 2. The van der Waals surface area contributed by atoms with Gasteiger partial charge in [-0.25, -0.2) is 30.7 Å². The fourth-order valence-corrected chi connectivity index (χ4v) is 7.70. The molecule has 7 nitrogen and oxygen atoms in total. The number of rotatable bonds is 15. The van der Waals surface area contributed by atoms with Crippen LogP contribution in [-0.2, 0) is 10.8 Å². The Bertz CT molecular complexity index is 3280. The van der Waals surface area contributed by atoms with E-state index in [1.807, 2.05) is 50.2 Å². The van der Waals surface area contributed by atoms with Crippen LogP contribution >= 0.6 is 0 Å². The van der Waals surface area contributed by atoms with Crippen molar-refractivity contribution in [3.05, 3.63) is 242 Å². The van der Waals surface area contributed by atoms with Crippen molar-refractivity contribution < 1.29 is 73.5 Å². The van der Waals surface area contributed by atoms with Gasteiger partial charge >= 0.3 is 0 Å². The lowest BCUT2D eigenvalue weighted by Gasteiger charge is -2.26. The standard InChI is InChI=1S/C56H37F9O7/c1-55(2,31-9-17-35(66)18-10-31)33-13-25-39(26-14-33)71-72-40-27-15-34(16-28-40)56(3,4)32-11-23-38(24-12-32)70-54-50(64)45(59)42(46(60)51(54)65)53(68)30-7-21-37(22-8-30)69-36-19-5-29(6-20-36)52(67)41-43(57)47(61)49(63)48(62)44(41)58/h5-28,66H,1-4H3. The lowest BCUT2D eigenvalue weighted by molar-refractivity contribution is -0.0999. The van der Waals surface area contributed by atoms with E-state index in [1.165, 1.54) is 12.1 Å². The van der Waals surface area contributed by atoms with Gasteiger partial charge in [0.1, 0.15) is 34.1 Å². The van der Waals surface area contributed by atoms with Crippen LogP contribution in [0, 0.1) is 52.4 Å². The molecular formula is C56H37F9O7. The highest BCUT2D eigenvalue weighted by atomic mass is 19.2. The highest BCUT2D eigenvalue weighted by Gasteiger charge is 2.33. The summed E-state index contributed by atoms with van der Waals surface area (Å²) < 4.78 is 142. The molecule has 0 aliphatic heterocycles. The molecule has 8 rings (SSSR count). The van der Waals surface area contributed by atoms with Gasteiger partial charge in [0.15, 0.2) is 58.0 Å². The summed E-state index contributed by atoms with van der Waals surface area (Å²) in [5.41, 5.74) is -1.43. The molecule has 0 unspecified atom stereocenters. The smallest absolute Gasteiger partial charge is 0.205 e. The molecule has 0 aliphatic rings. The Balaban J connectivity index is 0.885. The first-order chi connectivity index (χ1) is 34.2. The Morgan fingerprint density at radius 1 is 0.347 bits per heavy atom. The predicted octanol–water partition coefficient (Wildman–Crippen LogP) is 14.7. The molecule has 0 radical (unpaired) electrons. The number of phenols is 1. The van der Waals surface area contributed by atoms with Crippen molar-refractivity contribution in [2.75, 3.05) is 0 Å². The van der Waals surface area contributed by atoms with E-state index in [-0.39, 0.29) is 28.4 Å². The number of ketones is 2. The first-order valence-electron chi connectivity index (χ1n) is 21.7. The highest BCUT2D eigenvalue weighted by Crippen LogP contribution is 2.39. The van der Waals surface area contributed by atoms with E-state index in [0.717, 1.165) is 70.8 Å². The van der Waals surface area contributed by atoms with Gasteiger partial charge in [-0.15, -0.1) is 0 Å². The summed E-state index contributed by atoms with van der Waals surface area (Å²) in [6, 6.07) is 36.0. The summed E-state index contributed by atoms with van der Waals surface area (Å²) in [6.07, 6.45) is 0. The Kier molecular flexibility index (Phi) is 13.6. The van der Waals surface area contributed by atoms with Crippen LogP contribution in [0.5, 0.6) is 40.2 Å². The zero-order valence-corrected chi connectivity index (χ0v) is 38.2. The Hall–Kier alpha value is -8.53. The van der Waals surface area contributed by atoms with Gasteiger partial charge in [-0.2, -0.15) is 8.78 Å². The maximum Gasteiger partial charge on any atom is 0.205 e. The molecule has 0 aromatic heterocycles. The van der Waals surface area contributed by atoms with Gasteiger partial charge < -0.3 is 14.6 Å². The van der Waals surface area contributed by atoms with Gasteiger partial charge in [-0.3, -0.25) is 19.4 Å². The van der Waals surface area contributed by atoms with E-state index < -0.39 is 97.3 Å². The fraction of sp³-hybridized carbons (Fsp3) is 0.107. The molecule has 16 heteroatoms. The molecule has 1 N–H and O–H groups in total. The van der Waals surface area contributed by atoms with Crippen LogP contribution < -0.4 is 19.2 Å². The monoisotopic (exact) mass is 992 g/mol. The van der Waals surface area contributed by atoms with E-state index in [1.54, 1.807) is 48.5 Å². The number of hydrogen-bond acceptors (Lipinski definition) is 7. The van der Waals surface area contributed by atoms with E-state index >= 15 is 17.6 Å². The van der Waals surface area contributed by atoms with Gasteiger partial charge in [0.25, 0.3) is 0 Å². The molecule has 0 aliphatic carbocycles. The van der Waals surface area contributed by atoms with E-state index in [4.69, 9.17) is 19.2 Å². The lowest BCUT2D eigenvalue weighted by Crippen LogP contribution is -2.19. The fourth-order valence-electron chi connectivity index (χ4n) is 7.70. The van der Waals surface area contributed by atoms with Crippen molar-refractivity contribution in [3.8, 4) is 40.2 Å². The topological polar surface area (TPSA) is 91.3 Å². The largest absolute Gasteiger partial charge is 0.508 e. The number of ether oxygens (including phenoxy) is 2. The summed E-state index contributed by atoms with van der Waals surface area (Å²) >= 11 is 0. The van der Waals surface area contributed by atoms with Crippen molar-refractivity contribution in [1.29, 1.82) is 0 Å². The third-order valence-corrected chi connectivity index (χ3v) is 12.1. The van der Waals surface area contributed by atoms with Crippen LogP contribution in [0.1, 0.15) is 81.8 Å². The second-order valence-corrected chi connectivity index (χ2v) is 17.4. The SMILES string of the molecule is CC(C)(c1ccc(O)cc1)c1ccc(OOc2ccc(C(C)(C)c3ccc(Oc4c(F)c(F)c(C(=O)c5ccc(Oc6ccc(C(=O)c7c(F)c(F)c(F)c(F)c7F)cc6)cc5)c(F)c4F)cc3)cc2)cc1. The number of benzene rings is 8. The second kappa shape index (κ2) is 19.7. The third kappa shape index (κ3) is 9.67. The maximum atomic E-state index is 15.4. The zero-order chi connectivity index (χ0) is 51.8. The summed E-state index contributed by atoms with van der Waals surface area (Å²) in [4.78, 5) is 37.0. The van der Waals surface area contributed by atoms with Gasteiger partial charge in [-0.1, -0.05) is 76.2 Å². The van der Waals surface area contributed by atoms with E-state index in [9.17, 15) is 36.6 Å². The van der Waals surface area contributed by atoms with E-state index in [2.05, 4.69) is 13.8 Å². The van der Waals surface area contributed by atoms with Crippen molar-refractivity contribution in [2.45, 2.75) is 38.5 Å². The number of phenolic OH excluding ortho intramolecular Hbond substituents is 1. The quantitative estimate of drug-likeness (QED) is 0.0273. The zero-order valence-electron chi connectivity index (χ0n) is 38.2.